The highest BCUT2D eigenvalue weighted by Crippen LogP contribution is 2.27. The zero-order valence-corrected chi connectivity index (χ0v) is 12.4. The summed E-state index contributed by atoms with van der Waals surface area (Å²) in [4.78, 5) is 20.6. The van der Waals surface area contributed by atoms with Crippen molar-refractivity contribution < 1.29 is 13.6 Å². The summed E-state index contributed by atoms with van der Waals surface area (Å²) >= 11 is 1.39. The number of nitrogens with zero attached hydrogens (tertiary/aromatic N) is 2. The van der Waals surface area contributed by atoms with Crippen LogP contribution in [0.1, 0.15) is 21.0 Å². The molecular formula is C16H11FN2O2S. The van der Waals surface area contributed by atoms with Crippen LogP contribution in [0.15, 0.2) is 47.3 Å². The minimum atomic E-state index is -0.631. The van der Waals surface area contributed by atoms with Crippen molar-refractivity contribution in [3.63, 3.8) is 0 Å². The van der Waals surface area contributed by atoms with Crippen LogP contribution in [0.25, 0.3) is 16.8 Å². The molecule has 0 saturated heterocycles. The van der Waals surface area contributed by atoms with E-state index in [2.05, 4.69) is 9.97 Å². The lowest BCUT2D eigenvalue weighted by Crippen LogP contribution is -1.98. The van der Waals surface area contributed by atoms with Gasteiger partial charge in [0, 0.05) is 17.3 Å². The average Bonchev–Trinajstić information content (AvgIpc) is 3.14. The molecule has 0 amide bonds. The van der Waals surface area contributed by atoms with Crippen LogP contribution in [0.3, 0.4) is 0 Å². The second kappa shape index (κ2) is 6.03. The van der Waals surface area contributed by atoms with Gasteiger partial charge in [0.1, 0.15) is 5.76 Å². The number of carbonyl (C=O) groups is 1. The Morgan fingerprint density at radius 2 is 2.18 bits per heavy atom. The molecule has 3 rings (SSSR count). The molecule has 0 bridgehead atoms. The maximum Gasteiger partial charge on any atom is 0.188 e. The van der Waals surface area contributed by atoms with E-state index in [-0.39, 0.29) is 5.56 Å². The Kier molecular flexibility index (Phi) is 3.93. The van der Waals surface area contributed by atoms with E-state index in [0.717, 1.165) is 21.8 Å². The van der Waals surface area contributed by atoms with Gasteiger partial charge in [0.15, 0.2) is 22.4 Å². The van der Waals surface area contributed by atoms with Crippen molar-refractivity contribution in [2.24, 2.45) is 0 Å². The van der Waals surface area contributed by atoms with E-state index in [9.17, 15) is 9.18 Å². The van der Waals surface area contributed by atoms with Gasteiger partial charge in [0.2, 0.25) is 0 Å². The van der Waals surface area contributed by atoms with E-state index in [1.807, 2.05) is 19.1 Å². The lowest BCUT2D eigenvalue weighted by atomic mass is 10.1. The smallest absolute Gasteiger partial charge is 0.188 e. The van der Waals surface area contributed by atoms with Gasteiger partial charge in [-0.1, -0.05) is 0 Å². The maximum atomic E-state index is 13.5. The molecule has 0 aliphatic heterocycles. The molecule has 0 unspecified atom stereocenters. The van der Waals surface area contributed by atoms with E-state index < -0.39 is 11.6 Å². The van der Waals surface area contributed by atoms with Crippen LogP contribution in [-0.2, 0) is 0 Å². The number of aryl methyl sites for hydroxylation is 1. The van der Waals surface area contributed by atoms with Gasteiger partial charge in [0.05, 0.1) is 11.8 Å². The third-order valence-corrected chi connectivity index (χ3v) is 3.89. The number of ketones is 1. The molecule has 0 aliphatic carbocycles. The van der Waals surface area contributed by atoms with Crippen molar-refractivity contribution >= 4 is 23.2 Å². The number of carbonyl (C=O) groups excluding carboxylic acids is 1. The highest BCUT2D eigenvalue weighted by atomic mass is 32.1. The minimum absolute atomic E-state index is 0.00218. The van der Waals surface area contributed by atoms with Crippen molar-refractivity contribution in [1.82, 2.24) is 9.97 Å². The zero-order chi connectivity index (χ0) is 15.5. The third-order valence-electron chi connectivity index (χ3n) is 2.91. The van der Waals surface area contributed by atoms with Crippen LogP contribution in [0.5, 0.6) is 0 Å². The van der Waals surface area contributed by atoms with Crippen LogP contribution in [0, 0.1) is 12.7 Å². The molecular weight excluding hydrogens is 303 g/mol. The monoisotopic (exact) mass is 314 g/mol. The van der Waals surface area contributed by atoms with Crippen LogP contribution < -0.4 is 0 Å². The second-order valence-corrected chi connectivity index (χ2v) is 5.59. The Balaban J connectivity index is 1.78. The first-order valence-electron chi connectivity index (χ1n) is 6.48. The van der Waals surface area contributed by atoms with Crippen LogP contribution in [0.4, 0.5) is 4.39 Å². The van der Waals surface area contributed by atoms with E-state index in [1.54, 1.807) is 12.3 Å². The highest BCUT2D eigenvalue weighted by Gasteiger charge is 2.09. The SMILES string of the molecule is Cc1ccc(-c2ncc(/C=C/C(=O)c3ccncc3F)s2)o1. The fourth-order valence-corrected chi connectivity index (χ4v) is 2.63. The lowest BCUT2D eigenvalue weighted by molar-refractivity contribution is 0.104. The molecule has 3 heterocycles. The maximum absolute atomic E-state index is 13.5. The van der Waals surface area contributed by atoms with Gasteiger partial charge in [0.25, 0.3) is 0 Å². The van der Waals surface area contributed by atoms with Gasteiger partial charge in [-0.25, -0.2) is 9.37 Å². The largest absolute Gasteiger partial charge is 0.459 e. The Labute approximate surface area is 130 Å². The molecule has 4 nitrogen and oxygen atoms in total. The van der Waals surface area contributed by atoms with Gasteiger partial charge < -0.3 is 4.42 Å². The minimum Gasteiger partial charge on any atom is -0.459 e. The van der Waals surface area contributed by atoms with Crippen molar-refractivity contribution in [2.45, 2.75) is 6.92 Å². The molecule has 0 N–H and O–H groups in total. The quantitative estimate of drug-likeness (QED) is 0.536. The summed E-state index contributed by atoms with van der Waals surface area (Å²) in [6.07, 6.45) is 6.98. The third kappa shape index (κ3) is 3.01. The van der Waals surface area contributed by atoms with Crippen molar-refractivity contribution in [3.05, 3.63) is 64.9 Å². The van der Waals surface area contributed by atoms with E-state index in [1.165, 1.54) is 29.7 Å². The molecule has 0 atom stereocenters. The average molecular weight is 314 g/mol. The van der Waals surface area contributed by atoms with Crippen molar-refractivity contribution in [2.75, 3.05) is 0 Å². The molecule has 110 valence electrons. The van der Waals surface area contributed by atoms with Gasteiger partial charge in [-0.2, -0.15) is 0 Å². The van der Waals surface area contributed by atoms with E-state index >= 15 is 0 Å². The topological polar surface area (TPSA) is 56.0 Å². The summed E-state index contributed by atoms with van der Waals surface area (Å²) in [5.41, 5.74) is -0.00218. The predicted molar refractivity (Wildman–Crippen MR) is 82.1 cm³/mol. The van der Waals surface area contributed by atoms with Crippen molar-refractivity contribution in [1.29, 1.82) is 0 Å². The summed E-state index contributed by atoms with van der Waals surface area (Å²) < 4.78 is 18.9. The number of allylic oxidation sites excluding steroid dienone is 1. The molecule has 0 fully saturated rings. The highest BCUT2D eigenvalue weighted by molar-refractivity contribution is 7.15. The summed E-state index contributed by atoms with van der Waals surface area (Å²) in [6, 6.07) is 5.06. The fraction of sp³-hybridized carbons (Fsp3) is 0.0625. The molecule has 3 aromatic rings. The molecule has 0 saturated carbocycles. The Hall–Kier alpha value is -2.60. The number of hydrogen-bond acceptors (Lipinski definition) is 5. The van der Waals surface area contributed by atoms with Crippen molar-refractivity contribution in [3.8, 4) is 10.8 Å². The normalized spacial score (nSPS) is 11.2. The number of thiazole rings is 1. The molecule has 0 radical (unpaired) electrons. The number of rotatable bonds is 4. The van der Waals surface area contributed by atoms with Crippen LogP contribution in [0.2, 0.25) is 0 Å². The summed E-state index contributed by atoms with van der Waals surface area (Å²) in [7, 11) is 0. The first kappa shape index (κ1) is 14.3. The van der Waals surface area contributed by atoms with Gasteiger partial charge in [-0.05, 0) is 37.3 Å². The Morgan fingerprint density at radius 1 is 1.32 bits per heavy atom. The Bertz CT molecular complexity index is 851. The number of furan rings is 1. The molecule has 0 aliphatic rings. The van der Waals surface area contributed by atoms with E-state index in [0.29, 0.717) is 5.76 Å². The Morgan fingerprint density at radius 3 is 2.91 bits per heavy atom. The molecule has 6 heteroatoms. The summed E-state index contributed by atoms with van der Waals surface area (Å²) in [5, 5.41) is 0.732. The number of hydrogen-bond donors (Lipinski definition) is 0. The van der Waals surface area contributed by atoms with Gasteiger partial charge in [-0.3, -0.25) is 9.78 Å². The van der Waals surface area contributed by atoms with E-state index in [4.69, 9.17) is 4.42 Å². The van der Waals surface area contributed by atoms with Gasteiger partial charge >= 0.3 is 0 Å². The van der Waals surface area contributed by atoms with Crippen LogP contribution in [-0.4, -0.2) is 15.8 Å². The first-order valence-corrected chi connectivity index (χ1v) is 7.30. The lowest BCUT2D eigenvalue weighted by Gasteiger charge is -1.95. The molecule has 3 aromatic heterocycles. The molecule has 22 heavy (non-hydrogen) atoms. The zero-order valence-electron chi connectivity index (χ0n) is 11.6. The number of pyridine rings is 1. The summed E-state index contributed by atoms with van der Waals surface area (Å²) in [5.74, 6) is 0.455. The number of aromatic nitrogens is 2. The predicted octanol–water partition coefficient (Wildman–Crippen LogP) is 4.14. The first-order chi connectivity index (χ1) is 10.6. The second-order valence-electron chi connectivity index (χ2n) is 4.53. The molecule has 0 spiro atoms. The summed E-state index contributed by atoms with van der Waals surface area (Å²) in [6.45, 7) is 1.86. The molecule has 0 aromatic carbocycles. The fourth-order valence-electron chi connectivity index (χ4n) is 1.85. The number of halogens is 1. The van der Waals surface area contributed by atoms with Gasteiger partial charge in [-0.15, -0.1) is 11.3 Å². The van der Waals surface area contributed by atoms with Crippen LogP contribution >= 0.6 is 11.3 Å². The standard InChI is InChI=1S/C16H11FN2O2S/c1-10-2-5-15(21-10)16-19-8-11(22-16)3-4-14(20)12-6-7-18-9-13(12)17/h2-9H,1H3/b4-3+.